The lowest BCUT2D eigenvalue weighted by Crippen LogP contribution is -2.06. The van der Waals surface area contributed by atoms with E-state index in [0.29, 0.717) is 0 Å². The van der Waals surface area contributed by atoms with Gasteiger partial charge in [-0.15, -0.1) is 3.89 Å². The minimum atomic E-state index is -5.42. The molecule has 0 aromatic heterocycles. The molecule has 0 fully saturated rings. The van der Waals surface area contributed by atoms with Gasteiger partial charge in [0.05, 0.1) is 6.54 Å². The third kappa shape index (κ3) is 4.33. The Hall–Kier alpha value is -1.91. The van der Waals surface area contributed by atoms with E-state index in [4.69, 9.17) is 5.53 Å². The summed E-state index contributed by atoms with van der Waals surface area (Å²) in [5.74, 6) is -0.714. The number of azide groups is 1. The Kier molecular flexibility index (Phi) is 4.53. The molecule has 0 aliphatic carbocycles. The van der Waals surface area contributed by atoms with Crippen LogP contribution in [0.25, 0.3) is 10.4 Å². The molecule has 0 aliphatic rings. The van der Waals surface area contributed by atoms with Crippen molar-refractivity contribution in [2.24, 2.45) is 5.11 Å². The Bertz CT molecular complexity index is 785. The molecule has 1 aromatic rings. The summed E-state index contributed by atoms with van der Waals surface area (Å²) < 4.78 is 72.2. The number of benzene rings is 1. The van der Waals surface area contributed by atoms with Gasteiger partial charge in [-0.1, -0.05) is 9.00 Å². The molecule has 0 saturated carbocycles. The number of halogens is 2. The third-order valence-electron chi connectivity index (χ3n) is 2.14. The van der Waals surface area contributed by atoms with Crippen LogP contribution in [0.2, 0.25) is 0 Å². The zero-order valence-corrected chi connectivity index (χ0v) is 11.5. The molecule has 0 saturated heterocycles. The molecule has 0 unspecified atom stereocenters. The molecule has 0 N–H and O–H groups in total. The molecular weight excluding hydrogens is 320 g/mol. The molecule has 0 spiro atoms. The van der Waals surface area contributed by atoms with Crippen molar-refractivity contribution in [2.45, 2.75) is 18.4 Å². The Morgan fingerprint density at radius 1 is 1.30 bits per heavy atom. The van der Waals surface area contributed by atoms with Gasteiger partial charge in [0.15, 0.2) is 0 Å². The van der Waals surface area contributed by atoms with Gasteiger partial charge in [-0.2, -0.15) is 16.8 Å². The minimum Gasteiger partial charge on any atom is -0.358 e. The summed E-state index contributed by atoms with van der Waals surface area (Å²) in [6.07, 6.45) is 0. The number of hydrogen-bond acceptors (Lipinski definition) is 6. The van der Waals surface area contributed by atoms with Gasteiger partial charge in [-0.3, -0.25) is 0 Å². The van der Waals surface area contributed by atoms with Crippen molar-refractivity contribution in [1.82, 2.24) is 0 Å². The highest BCUT2D eigenvalue weighted by atomic mass is 32.3. The molecular formula is C8H7F2N3O5S2. The summed E-state index contributed by atoms with van der Waals surface area (Å²) in [5.41, 5.74) is 7.65. The summed E-state index contributed by atoms with van der Waals surface area (Å²) in [7, 11) is -10.6. The number of nitrogens with zero attached hydrogens (tertiary/aromatic N) is 3. The molecule has 0 heterocycles. The van der Waals surface area contributed by atoms with Crippen molar-refractivity contribution in [1.29, 1.82) is 0 Å². The summed E-state index contributed by atoms with van der Waals surface area (Å²) in [5, 5.41) is 3.10. The van der Waals surface area contributed by atoms with Crippen LogP contribution >= 0.6 is 0 Å². The van der Waals surface area contributed by atoms with Crippen LogP contribution in [0, 0.1) is 6.92 Å². The fourth-order valence-corrected chi connectivity index (χ4v) is 2.51. The van der Waals surface area contributed by atoms with Crippen molar-refractivity contribution in [3.8, 4) is 5.75 Å². The predicted octanol–water partition coefficient (Wildman–Crippen LogP) is 2.06. The van der Waals surface area contributed by atoms with Gasteiger partial charge in [-0.05, 0) is 30.2 Å². The van der Waals surface area contributed by atoms with Gasteiger partial charge in [0.1, 0.15) is 10.6 Å². The lowest BCUT2D eigenvalue weighted by atomic mass is 10.1. The van der Waals surface area contributed by atoms with Crippen molar-refractivity contribution in [3.05, 3.63) is 33.7 Å². The van der Waals surface area contributed by atoms with Gasteiger partial charge in [0, 0.05) is 10.5 Å². The molecule has 110 valence electrons. The molecule has 20 heavy (non-hydrogen) atoms. The van der Waals surface area contributed by atoms with E-state index in [1.54, 1.807) is 0 Å². The SMILES string of the molecule is Cc1c(OS(=O)(=O)F)cc(CN=[N+]=[N-])cc1S(=O)(=O)F. The fraction of sp³-hybridized carbons (Fsp3) is 0.250. The largest absolute Gasteiger partial charge is 0.488 e. The first-order valence-electron chi connectivity index (χ1n) is 4.77. The Morgan fingerprint density at radius 3 is 2.35 bits per heavy atom. The molecule has 0 radical (unpaired) electrons. The second-order valence-corrected chi connectivity index (χ2v) is 5.79. The van der Waals surface area contributed by atoms with Crippen LogP contribution in [0.3, 0.4) is 0 Å². The average Bonchev–Trinajstić information content (AvgIpc) is 2.26. The van der Waals surface area contributed by atoms with E-state index in [2.05, 4.69) is 14.2 Å². The molecule has 0 bridgehead atoms. The highest BCUT2D eigenvalue weighted by Crippen LogP contribution is 2.30. The van der Waals surface area contributed by atoms with Gasteiger partial charge in [0.25, 0.3) is 0 Å². The van der Waals surface area contributed by atoms with Crippen LogP contribution in [0.4, 0.5) is 7.77 Å². The van der Waals surface area contributed by atoms with Crippen LogP contribution < -0.4 is 4.18 Å². The quantitative estimate of drug-likeness (QED) is 0.354. The molecule has 1 aromatic carbocycles. The maximum Gasteiger partial charge on any atom is 0.488 e. The average molecular weight is 327 g/mol. The molecule has 0 aliphatic heterocycles. The van der Waals surface area contributed by atoms with Crippen LogP contribution in [-0.4, -0.2) is 16.8 Å². The lowest BCUT2D eigenvalue weighted by molar-refractivity contribution is 0.437. The summed E-state index contributed by atoms with van der Waals surface area (Å²) in [4.78, 5) is 1.50. The lowest BCUT2D eigenvalue weighted by Gasteiger charge is -2.09. The van der Waals surface area contributed by atoms with E-state index in [0.717, 1.165) is 19.1 Å². The van der Waals surface area contributed by atoms with Gasteiger partial charge >= 0.3 is 20.7 Å². The maximum absolute atomic E-state index is 13.1. The Balaban J connectivity index is 3.54. The molecule has 8 nitrogen and oxygen atoms in total. The van der Waals surface area contributed by atoms with E-state index in [1.807, 2.05) is 0 Å². The fourth-order valence-electron chi connectivity index (χ4n) is 1.37. The molecule has 0 amide bonds. The number of hydrogen-bond donors (Lipinski definition) is 0. The minimum absolute atomic E-state index is 0.0664. The van der Waals surface area contributed by atoms with E-state index >= 15 is 0 Å². The summed E-state index contributed by atoms with van der Waals surface area (Å²) >= 11 is 0. The standard InChI is InChI=1S/C8H7F2N3O5S2/c1-5-7(18-20(10,16)17)2-6(4-12-13-11)3-8(5)19(9,14)15/h2-3H,4H2,1H3. The zero-order valence-electron chi connectivity index (χ0n) is 9.82. The van der Waals surface area contributed by atoms with Crippen molar-refractivity contribution in [3.63, 3.8) is 0 Å². The first-order valence-corrected chi connectivity index (χ1v) is 7.47. The van der Waals surface area contributed by atoms with Gasteiger partial charge in [0.2, 0.25) is 0 Å². The Labute approximate surface area is 113 Å². The van der Waals surface area contributed by atoms with Crippen molar-refractivity contribution >= 4 is 20.7 Å². The number of rotatable bonds is 5. The first kappa shape index (κ1) is 16.1. The Morgan fingerprint density at radius 2 is 1.90 bits per heavy atom. The van der Waals surface area contributed by atoms with Crippen LogP contribution in [0.1, 0.15) is 11.1 Å². The summed E-state index contributed by atoms with van der Waals surface area (Å²) in [6.45, 7) is 0.631. The van der Waals surface area contributed by atoms with Gasteiger partial charge < -0.3 is 4.18 Å². The van der Waals surface area contributed by atoms with Gasteiger partial charge in [-0.25, -0.2) is 0 Å². The van der Waals surface area contributed by atoms with Crippen LogP contribution in [0.5, 0.6) is 5.75 Å². The molecule has 1 rings (SSSR count). The van der Waals surface area contributed by atoms with Crippen molar-refractivity contribution in [2.75, 3.05) is 0 Å². The van der Waals surface area contributed by atoms with Crippen LogP contribution in [0.15, 0.2) is 22.1 Å². The van der Waals surface area contributed by atoms with Crippen molar-refractivity contribution < 1.29 is 28.8 Å². The highest BCUT2D eigenvalue weighted by Gasteiger charge is 2.22. The highest BCUT2D eigenvalue weighted by molar-refractivity contribution is 7.86. The van der Waals surface area contributed by atoms with E-state index in [-0.39, 0.29) is 5.56 Å². The third-order valence-corrected chi connectivity index (χ3v) is 3.47. The van der Waals surface area contributed by atoms with E-state index in [1.165, 1.54) is 0 Å². The van der Waals surface area contributed by atoms with Crippen LogP contribution in [-0.2, 0) is 27.3 Å². The molecule has 0 atom stereocenters. The van der Waals surface area contributed by atoms with E-state index < -0.39 is 43.5 Å². The normalized spacial score (nSPS) is 11.8. The molecule has 12 heteroatoms. The zero-order chi connectivity index (χ0) is 15.6. The second-order valence-electron chi connectivity index (χ2n) is 3.52. The summed E-state index contributed by atoms with van der Waals surface area (Å²) in [6, 6.07) is 1.76. The predicted molar refractivity (Wildman–Crippen MR) is 63.0 cm³/mol. The monoisotopic (exact) mass is 327 g/mol. The topological polar surface area (TPSA) is 126 Å². The first-order chi connectivity index (χ1) is 9.04. The second kappa shape index (κ2) is 5.61. The smallest absolute Gasteiger partial charge is 0.358 e. The maximum atomic E-state index is 13.1. The van der Waals surface area contributed by atoms with E-state index in [9.17, 15) is 24.6 Å².